The molecule has 20 heavy (non-hydrogen) atoms. The number of hydrogen-bond acceptors (Lipinski definition) is 3. The summed E-state index contributed by atoms with van der Waals surface area (Å²) in [5, 5.41) is 9.61. The maximum atomic E-state index is 12.8. The maximum absolute atomic E-state index is 12.8. The SMILES string of the molecule is CC1CCCC(C)N1S(=O)(=O)c1ccc(Cl)c(CO)c1. The summed E-state index contributed by atoms with van der Waals surface area (Å²) in [5.41, 5.74) is 0.435. The summed E-state index contributed by atoms with van der Waals surface area (Å²) in [7, 11) is -3.55. The van der Waals surface area contributed by atoms with E-state index >= 15 is 0 Å². The lowest BCUT2D eigenvalue weighted by Gasteiger charge is -2.37. The fourth-order valence-electron chi connectivity index (χ4n) is 2.83. The Labute approximate surface area is 125 Å². The maximum Gasteiger partial charge on any atom is 0.243 e. The molecule has 0 spiro atoms. The lowest BCUT2D eigenvalue weighted by Crippen LogP contribution is -2.47. The van der Waals surface area contributed by atoms with Crippen molar-refractivity contribution in [1.29, 1.82) is 0 Å². The predicted octanol–water partition coefficient (Wildman–Crippen LogP) is 2.78. The van der Waals surface area contributed by atoms with Gasteiger partial charge in [0.1, 0.15) is 0 Å². The van der Waals surface area contributed by atoms with Crippen LogP contribution in [0.1, 0.15) is 38.7 Å². The summed E-state index contributed by atoms with van der Waals surface area (Å²) >= 11 is 5.92. The largest absolute Gasteiger partial charge is 0.392 e. The van der Waals surface area contributed by atoms with Crippen LogP contribution >= 0.6 is 11.6 Å². The molecule has 0 saturated carbocycles. The minimum atomic E-state index is -3.55. The molecule has 1 aromatic rings. The van der Waals surface area contributed by atoms with Gasteiger partial charge in [-0.2, -0.15) is 4.31 Å². The smallest absolute Gasteiger partial charge is 0.243 e. The molecule has 1 fully saturated rings. The van der Waals surface area contributed by atoms with E-state index in [1.165, 1.54) is 18.2 Å². The fraction of sp³-hybridized carbons (Fsp3) is 0.571. The number of hydrogen-bond donors (Lipinski definition) is 1. The first-order valence-corrected chi connectivity index (χ1v) is 8.62. The quantitative estimate of drug-likeness (QED) is 0.932. The van der Waals surface area contributed by atoms with Crippen LogP contribution in [0.3, 0.4) is 0 Å². The molecule has 0 amide bonds. The standard InChI is InChI=1S/C14H20ClNO3S/c1-10-4-3-5-11(2)16(10)20(18,19)13-6-7-14(15)12(8-13)9-17/h6-8,10-11,17H,3-5,9H2,1-2H3. The molecule has 0 aromatic heterocycles. The van der Waals surface area contributed by atoms with Gasteiger partial charge in [-0.05, 0) is 50.5 Å². The second-order valence-corrected chi connectivity index (χ2v) is 7.63. The van der Waals surface area contributed by atoms with Crippen LogP contribution in [0.4, 0.5) is 0 Å². The summed E-state index contributed by atoms with van der Waals surface area (Å²) in [6, 6.07) is 4.49. The summed E-state index contributed by atoms with van der Waals surface area (Å²) in [6.07, 6.45) is 2.81. The van der Waals surface area contributed by atoms with E-state index in [0.29, 0.717) is 10.6 Å². The van der Waals surface area contributed by atoms with E-state index in [-0.39, 0.29) is 23.6 Å². The van der Waals surface area contributed by atoms with Crippen molar-refractivity contribution in [3.05, 3.63) is 28.8 Å². The first kappa shape index (κ1) is 15.8. The van der Waals surface area contributed by atoms with Crippen LogP contribution < -0.4 is 0 Å². The van der Waals surface area contributed by atoms with Gasteiger partial charge in [0.05, 0.1) is 11.5 Å². The number of nitrogens with zero attached hydrogens (tertiary/aromatic N) is 1. The van der Waals surface area contributed by atoms with E-state index < -0.39 is 10.0 Å². The molecular weight excluding hydrogens is 298 g/mol. The highest BCUT2D eigenvalue weighted by Crippen LogP contribution is 2.30. The van der Waals surface area contributed by atoms with Crippen molar-refractivity contribution in [3.8, 4) is 0 Å². The first-order chi connectivity index (χ1) is 9.37. The Morgan fingerprint density at radius 3 is 2.45 bits per heavy atom. The Kier molecular flexibility index (Phi) is 4.74. The van der Waals surface area contributed by atoms with Crippen LogP contribution in [0.5, 0.6) is 0 Å². The lowest BCUT2D eigenvalue weighted by molar-refractivity contribution is 0.204. The molecule has 1 aromatic carbocycles. The van der Waals surface area contributed by atoms with Crippen LogP contribution in [0.2, 0.25) is 5.02 Å². The number of piperidine rings is 1. The van der Waals surface area contributed by atoms with Gasteiger partial charge < -0.3 is 5.11 Å². The van der Waals surface area contributed by atoms with E-state index in [2.05, 4.69) is 0 Å². The number of aliphatic hydroxyl groups is 1. The molecule has 0 aliphatic carbocycles. The van der Waals surface area contributed by atoms with Crippen LogP contribution in [-0.2, 0) is 16.6 Å². The molecule has 2 atom stereocenters. The van der Waals surface area contributed by atoms with E-state index in [0.717, 1.165) is 19.3 Å². The Morgan fingerprint density at radius 1 is 1.30 bits per heavy atom. The third kappa shape index (κ3) is 2.86. The minimum Gasteiger partial charge on any atom is -0.392 e. The highest BCUT2D eigenvalue weighted by Gasteiger charge is 2.35. The second kappa shape index (κ2) is 6.02. The third-order valence-corrected chi connectivity index (χ3v) is 6.37. The molecule has 112 valence electrons. The van der Waals surface area contributed by atoms with Crippen LogP contribution in [0, 0.1) is 0 Å². The molecule has 2 rings (SSSR count). The van der Waals surface area contributed by atoms with Gasteiger partial charge in [-0.15, -0.1) is 0 Å². The molecule has 1 N–H and O–H groups in total. The van der Waals surface area contributed by atoms with Crippen LogP contribution in [0.15, 0.2) is 23.1 Å². The zero-order chi connectivity index (χ0) is 14.9. The van der Waals surface area contributed by atoms with Crippen molar-refractivity contribution in [2.45, 2.75) is 56.7 Å². The Bertz CT molecular complexity index is 578. The van der Waals surface area contributed by atoms with Crippen molar-refractivity contribution < 1.29 is 13.5 Å². The Morgan fingerprint density at radius 2 is 1.90 bits per heavy atom. The molecule has 1 aliphatic heterocycles. The molecule has 1 saturated heterocycles. The van der Waals surface area contributed by atoms with Gasteiger partial charge in [-0.25, -0.2) is 8.42 Å². The summed E-state index contributed by atoms with van der Waals surface area (Å²) in [4.78, 5) is 0.201. The Balaban J connectivity index is 2.43. The van der Waals surface area contributed by atoms with E-state index in [9.17, 15) is 13.5 Å². The normalized spacial score (nSPS) is 24.8. The molecular formula is C14H20ClNO3S. The van der Waals surface area contributed by atoms with Gasteiger partial charge in [0.25, 0.3) is 0 Å². The van der Waals surface area contributed by atoms with E-state index in [1.807, 2.05) is 13.8 Å². The predicted molar refractivity (Wildman–Crippen MR) is 79.2 cm³/mol. The van der Waals surface area contributed by atoms with Crippen molar-refractivity contribution in [3.63, 3.8) is 0 Å². The topological polar surface area (TPSA) is 57.6 Å². The average molecular weight is 318 g/mol. The highest BCUT2D eigenvalue weighted by molar-refractivity contribution is 7.89. The summed E-state index contributed by atoms with van der Waals surface area (Å²) in [5.74, 6) is 0. The number of benzene rings is 1. The van der Waals surface area contributed by atoms with Crippen molar-refractivity contribution in [2.75, 3.05) is 0 Å². The first-order valence-electron chi connectivity index (χ1n) is 6.80. The van der Waals surface area contributed by atoms with Gasteiger partial charge in [0.2, 0.25) is 10.0 Å². The number of halogens is 1. The molecule has 1 aliphatic rings. The van der Waals surface area contributed by atoms with Crippen molar-refractivity contribution in [2.24, 2.45) is 0 Å². The van der Waals surface area contributed by atoms with E-state index in [4.69, 9.17) is 11.6 Å². The van der Waals surface area contributed by atoms with Gasteiger partial charge in [0, 0.05) is 17.1 Å². The second-order valence-electron chi connectivity index (χ2n) is 5.38. The molecule has 2 unspecified atom stereocenters. The molecule has 0 radical (unpaired) electrons. The van der Waals surface area contributed by atoms with Gasteiger partial charge in [-0.3, -0.25) is 0 Å². The number of rotatable bonds is 3. The number of aliphatic hydroxyl groups excluding tert-OH is 1. The minimum absolute atomic E-state index is 0.00277. The lowest BCUT2D eigenvalue weighted by atomic mass is 10.0. The Hall–Kier alpha value is -0.620. The van der Waals surface area contributed by atoms with Gasteiger partial charge in [-0.1, -0.05) is 18.0 Å². The van der Waals surface area contributed by atoms with Gasteiger partial charge >= 0.3 is 0 Å². The number of sulfonamides is 1. The molecule has 4 nitrogen and oxygen atoms in total. The van der Waals surface area contributed by atoms with Crippen molar-refractivity contribution >= 4 is 21.6 Å². The molecule has 6 heteroatoms. The zero-order valence-corrected chi connectivity index (χ0v) is 13.3. The van der Waals surface area contributed by atoms with Crippen LogP contribution in [-0.4, -0.2) is 29.9 Å². The monoisotopic (exact) mass is 317 g/mol. The van der Waals surface area contributed by atoms with E-state index in [1.54, 1.807) is 4.31 Å². The highest BCUT2D eigenvalue weighted by atomic mass is 35.5. The zero-order valence-electron chi connectivity index (χ0n) is 11.7. The third-order valence-electron chi connectivity index (χ3n) is 3.88. The van der Waals surface area contributed by atoms with Crippen LogP contribution in [0.25, 0.3) is 0 Å². The molecule has 0 bridgehead atoms. The molecule has 1 heterocycles. The average Bonchev–Trinajstić information content (AvgIpc) is 2.38. The summed E-state index contributed by atoms with van der Waals surface area (Å²) < 4.78 is 27.2. The summed E-state index contributed by atoms with van der Waals surface area (Å²) in [6.45, 7) is 3.61. The van der Waals surface area contributed by atoms with Gasteiger partial charge in [0.15, 0.2) is 0 Å². The fourth-order valence-corrected chi connectivity index (χ4v) is 4.94. The van der Waals surface area contributed by atoms with Crippen molar-refractivity contribution in [1.82, 2.24) is 4.31 Å².